The third-order valence-electron chi connectivity index (χ3n) is 10.2. The van der Waals surface area contributed by atoms with Crippen LogP contribution in [0.4, 0.5) is 0 Å². The van der Waals surface area contributed by atoms with Crippen LogP contribution in [-0.2, 0) is 0 Å². The molecule has 0 bridgehead atoms. The molecule has 0 aliphatic heterocycles. The Balaban J connectivity index is 1.26. The van der Waals surface area contributed by atoms with Gasteiger partial charge in [0.1, 0.15) is 11.2 Å². The third kappa shape index (κ3) is 4.52. The van der Waals surface area contributed by atoms with E-state index in [9.17, 15) is 9.60 Å². The molecule has 260 valence electrons. The van der Waals surface area contributed by atoms with Crippen LogP contribution in [0.5, 0.6) is 0 Å². The first-order valence-electron chi connectivity index (χ1n) is 24.7. The lowest BCUT2D eigenvalue weighted by molar-refractivity contribution is 0.669. The van der Waals surface area contributed by atoms with Gasteiger partial charge in [-0.05, 0) is 63.4 Å². The van der Waals surface area contributed by atoms with E-state index in [0.717, 1.165) is 11.1 Å². The van der Waals surface area contributed by atoms with Gasteiger partial charge in [-0.3, -0.25) is 0 Å². The van der Waals surface area contributed by atoms with Gasteiger partial charge >= 0.3 is 0 Å². The Bertz CT molecular complexity index is 4200. The van der Waals surface area contributed by atoms with E-state index in [-0.39, 0.29) is 54.5 Å². The predicted molar refractivity (Wildman–Crippen MR) is 229 cm³/mol. The first-order chi connectivity index (χ1) is 33.6. The van der Waals surface area contributed by atoms with Crippen molar-refractivity contribution in [2.75, 3.05) is 0 Å². The molecule has 0 saturated heterocycles. The van der Waals surface area contributed by atoms with Crippen LogP contribution in [-0.4, -0.2) is 19.5 Å². The zero-order valence-corrected chi connectivity index (χ0v) is 28.9. The number of fused-ring (bicyclic) bond motifs is 6. The number of hydrogen-bond donors (Lipinski definition) is 0. The monoisotopic (exact) mass is 728 g/mol. The smallest absolute Gasteiger partial charge is 0.164 e. The van der Waals surface area contributed by atoms with Crippen LogP contribution in [0.2, 0.25) is 0 Å². The number of aromatic nitrogens is 4. The van der Waals surface area contributed by atoms with E-state index in [1.54, 1.807) is 24.3 Å². The molecule has 0 N–H and O–H groups in total. The van der Waals surface area contributed by atoms with Crippen LogP contribution >= 0.6 is 0 Å². The maximum atomic E-state index is 9.90. The summed E-state index contributed by atoms with van der Waals surface area (Å²) in [6.07, 6.45) is 0. The SMILES string of the molecule is [2H]c1c([2H])c([2H])c(-n2c3c([2H])c([2H])c([2H])c4c5c([2H])c([2H])c([2H])c([2H])c5c5c([2H])c([2H])c(-c6ccc7oc8cccc(-c9nc(-c%10ccccc%10)nc(-c%10ccccc%10)n9)c8c7c6)c2c5c43)c([2H])c1[2H]. The zero-order valence-electron chi connectivity index (χ0n) is 42.9. The van der Waals surface area contributed by atoms with Crippen LogP contribution in [0.25, 0.3) is 116 Å². The average Bonchev–Trinajstić information content (AvgIpc) is 3.93. The number of hydrogen-bond acceptors (Lipinski definition) is 4. The van der Waals surface area contributed by atoms with E-state index in [2.05, 4.69) is 0 Å². The predicted octanol–water partition coefficient (Wildman–Crippen LogP) is 13.3. The number of rotatable bonds is 5. The maximum Gasteiger partial charge on any atom is 0.164 e. The number of furan rings is 1. The number of benzene rings is 9. The summed E-state index contributed by atoms with van der Waals surface area (Å²) in [7, 11) is 0. The average molecular weight is 729 g/mol. The standard InChI is InChI=1S/C51H30N4O/c1-4-14-31(15-5-1)49-52-50(32-16-6-2-7-17-32)54-51(53-49)40-23-13-25-44-45(40)41-30-33(26-29-43(41)56-44)35-27-28-39-37-21-11-10-20-36(37)38-22-12-24-42-46(38)47(39)48(35)55(42)34-18-8-3-9-19-34/h1-30H/i3D,8D,9D,10D,11D,12D,18D,19D,20D,21D,22D,24D,27D,28D. The highest BCUT2D eigenvalue weighted by molar-refractivity contribution is 6.36. The second kappa shape index (κ2) is 11.9. The highest BCUT2D eigenvalue weighted by atomic mass is 16.3. The Morgan fingerprint density at radius 3 is 1.82 bits per heavy atom. The van der Waals surface area contributed by atoms with E-state index in [1.165, 1.54) is 4.57 Å². The summed E-state index contributed by atoms with van der Waals surface area (Å²) in [6, 6.07) is 20.7. The quantitative estimate of drug-likeness (QED) is 0.166. The van der Waals surface area contributed by atoms with E-state index in [1.807, 2.05) is 72.8 Å². The van der Waals surface area contributed by atoms with Crippen molar-refractivity contribution in [3.63, 3.8) is 0 Å². The molecule has 12 rings (SSSR count). The summed E-state index contributed by atoms with van der Waals surface area (Å²) in [5.74, 6) is 1.17. The molecular weight excluding hydrogens is 685 g/mol. The van der Waals surface area contributed by atoms with Gasteiger partial charge in [0, 0.05) is 49.5 Å². The van der Waals surface area contributed by atoms with Gasteiger partial charge in [-0.2, -0.15) is 0 Å². The zero-order chi connectivity index (χ0) is 48.9. The van der Waals surface area contributed by atoms with Gasteiger partial charge in [0.2, 0.25) is 0 Å². The van der Waals surface area contributed by atoms with Crippen molar-refractivity contribution < 1.29 is 23.6 Å². The summed E-state index contributed by atoms with van der Waals surface area (Å²) in [5.41, 5.74) is 2.52. The Hall–Kier alpha value is -7.63. The van der Waals surface area contributed by atoms with Crippen molar-refractivity contribution in [3.05, 3.63) is 182 Å². The summed E-state index contributed by atoms with van der Waals surface area (Å²) < 4.78 is 135. The third-order valence-corrected chi connectivity index (χ3v) is 10.2. The molecule has 0 fully saturated rings. The fourth-order valence-electron chi connectivity index (χ4n) is 7.82. The van der Waals surface area contributed by atoms with Crippen molar-refractivity contribution in [1.29, 1.82) is 0 Å². The largest absolute Gasteiger partial charge is 0.456 e. The van der Waals surface area contributed by atoms with Crippen molar-refractivity contribution in [2.45, 2.75) is 0 Å². The molecule has 0 spiro atoms. The fraction of sp³-hybridized carbons (Fsp3) is 0. The molecule has 0 aliphatic rings. The summed E-state index contributed by atoms with van der Waals surface area (Å²) in [4.78, 5) is 14.8. The van der Waals surface area contributed by atoms with E-state index < -0.39 is 90.3 Å². The summed E-state index contributed by atoms with van der Waals surface area (Å²) in [5, 5.41) is 0.416. The molecule has 56 heavy (non-hydrogen) atoms. The van der Waals surface area contributed by atoms with Gasteiger partial charge < -0.3 is 8.98 Å². The molecule has 5 heteroatoms. The Labute approximate surface area is 340 Å². The molecule has 0 saturated carbocycles. The number of para-hydroxylation sites is 1. The molecule has 0 radical (unpaired) electrons. The molecule has 3 aromatic heterocycles. The highest BCUT2D eigenvalue weighted by Crippen LogP contribution is 2.47. The van der Waals surface area contributed by atoms with Crippen LogP contribution in [0.3, 0.4) is 0 Å². The first-order valence-corrected chi connectivity index (χ1v) is 17.7. The fourth-order valence-corrected chi connectivity index (χ4v) is 7.82. The number of nitrogens with zero attached hydrogens (tertiary/aromatic N) is 4. The molecule has 12 aromatic rings. The van der Waals surface area contributed by atoms with Gasteiger partial charge in [0.15, 0.2) is 17.5 Å². The van der Waals surface area contributed by atoms with Gasteiger partial charge in [-0.1, -0.05) is 145 Å². The van der Waals surface area contributed by atoms with Crippen LogP contribution in [0, 0.1) is 0 Å². The molecular formula is C51H30N4O. The second-order valence-electron chi connectivity index (χ2n) is 13.3. The topological polar surface area (TPSA) is 56.7 Å². The first kappa shape index (κ1) is 20.2. The molecule has 0 unspecified atom stereocenters. The molecule has 5 nitrogen and oxygen atoms in total. The van der Waals surface area contributed by atoms with Crippen molar-refractivity contribution in [2.24, 2.45) is 0 Å². The van der Waals surface area contributed by atoms with E-state index in [4.69, 9.17) is 29.0 Å². The molecule has 9 aromatic carbocycles. The Kier molecular flexibility index (Phi) is 4.30. The summed E-state index contributed by atoms with van der Waals surface area (Å²) >= 11 is 0. The minimum atomic E-state index is -0.716. The molecule has 0 atom stereocenters. The Morgan fingerprint density at radius 1 is 0.429 bits per heavy atom. The molecule has 0 amide bonds. The van der Waals surface area contributed by atoms with Crippen LogP contribution < -0.4 is 0 Å². The van der Waals surface area contributed by atoms with Crippen LogP contribution in [0.15, 0.2) is 186 Å². The highest BCUT2D eigenvalue weighted by Gasteiger charge is 2.24. The lowest BCUT2D eigenvalue weighted by Gasteiger charge is -2.13. The minimum absolute atomic E-state index is 0.00826. The lowest BCUT2D eigenvalue weighted by atomic mass is 9.91. The van der Waals surface area contributed by atoms with E-state index in [0.29, 0.717) is 45.0 Å². The van der Waals surface area contributed by atoms with Crippen molar-refractivity contribution in [3.8, 4) is 51.0 Å². The van der Waals surface area contributed by atoms with Gasteiger partial charge in [-0.25, -0.2) is 15.0 Å². The van der Waals surface area contributed by atoms with Gasteiger partial charge in [-0.15, -0.1) is 0 Å². The maximum absolute atomic E-state index is 9.90. The summed E-state index contributed by atoms with van der Waals surface area (Å²) in [6.45, 7) is 0. The van der Waals surface area contributed by atoms with Gasteiger partial charge in [0.05, 0.1) is 30.2 Å². The van der Waals surface area contributed by atoms with E-state index >= 15 is 0 Å². The van der Waals surface area contributed by atoms with Crippen molar-refractivity contribution >= 4 is 65.3 Å². The van der Waals surface area contributed by atoms with Gasteiger partial charge in [0.25, 0.3) is 0 Å². The lowest BCUT2D eigenvalue weighted by Crippen LogP contribution is -2.00. The van der Waals surface area contributed by atoms with Crippen molar-refractivity contribution in [1.82, 2.24) is 19.5 Å². The molecule has 3 heterocycles. The second-order valence-corrected chi connectivity index (χ2v) is 13.3. The normalized spacial score (nSPS) is 15.4. The minimum Gasteiger partial charge on any atom is -0.456 e. The Morgan fingerprint density at radius 2 is 1.09 bits per heavy atom. The molecule has 0 aliphatic carbocycles. The van der Waals surface area contributed by atoms with Crippen LogP contribution in [0.1, 0.15) is 19.2 Å².